The minimum Gasteiger partial charge on any atom is -0.480 e. The highest BCUT2D eigenvalue weighted by Gasteiger charge is 2.30. The number of hydrogen-bond donors (Lipinski definition) is 2. The number of alkyl carbamates (subject to hydrolysis) is 1. The topological polar surface area (TPSA) is 84.9 Å². The molecule has 0 fully saturated rings. The first-order valence-electron chi connectivity index (χ1n) is 9.72. The molecule has 1 aliphatic carbocycles. The highest BCUT2D eigenvalue weighted by molar-refractivity contribution is 5.81. The number of aliphatic carboxylic acids is 1. The van der Waals surface area contributed by atoms with E-state index in [0.717, 1.165) is 22.3 Å². The fourth-order valence-corrected chi connectivity index (χ4v) is 3.63. The number of rotatable bonds is 8. The van der Waals surface area contributed by atoms with E-state index in [4.69, 9.17) is 9.47 Å². The first-order chi connectivity index (χ1) is 13.8. The number of amides is 1. The predicted octanol–water partition coefficient (Wildman–Crippen LogP) is 4.18. The second-order valence-corrected chi connectivity index (χ2v) is 7.86. The molecule has 6 heteroatoms. The lowest BCUT2D eigenvalue weighted by Gasteiger charge is -2.25. The lowest BCUT2D eigenvalue weighted by atomic mass is 9.98. The van der Waals surface area contributed by atoms with E-state index in [1.165, 1.54) is 0 Å². The van der Waals surface area contributed by atoms with Gasteiger partial charge in [0, 0.05) is 13.0 Å². The van der Waals surface area contributed by atoms with E-state index >= 15 is 0 Å². The Labute approximate surface area is 170 Å². The van der Waals surface area contributed by atoms with Crippen LogP contribution in [-0.2, 0) is 14.3 Å². The van der Waals surface area contributed by atoms with Crippen molar-refractivity contribution in [1.29, 1.82) is 0 Å². The summed E-state index contributed by atoms with van der Waals surface area (Å²) in [4.78, 5) is 23.8. The van der Waals surface area contributed by atoms with E-state index in [2.05, 4.69) is 17.4 Å². The molecule has 0 bridgehead atoms. The highest BCUT2D eigenvalue weighted by Crippen LogP contribution is 2.44. The number of hydrogen-bond acceptors (Lipinski definition) is 4. The maximum Gasteiger partial charge on any atom is 0.407 e. The van der Waals surface area contributed by atoms with Crippen molar-refractivity contribution in [1.82, 2.24) is 5.32 Å². The van der Waals surface area contributed by atoms with E-state index in [1.807, 2.05) is 50.2 Å². The van der Waals surface area contributed by atoms with E-state index in [1.54, 1.807) is 7.11 Å². The molecule has 1 aliphatic rings. The highest BCUT2D eigenvalue weighted by atomic mass is 16.5. The summed E-state index contributed by atoms with van der Waals surface area (Å²) in [5.74, 6) is -1.16. The SMILES string of the molecule is COC(C)(C)CCC(NC(=O)OCC1c2ccccc2-c2ccccc21)C(=O)O. The largest absolute Gasteiger partial charge is 0.480 e. The second kappa shape index (κ2) is 8.66. The third-order valence-corrected chi connectivity index (χ3v) is 5.52. The fourth-order valence-electron chi connectivity index (χ4n) is 3.63. The fraction of sp³-hybridized carbons (Fsp3) is 0.391. The van der Waals surface area contributed by atoms with Gasteiger partial charge in [-0.1, -0.05) is 48.5 Å². The van der Waals surface area contributed by atoms with Crippen LogP contribution >= 0.6 is 0 Å². The van der Waals surface area contributed by atoms with Gasteiger partial charge in [-0.15, -0.1) is 0 Å². The molecule has 2 aromatic carbocycles. The van der Waals surface area contributed by atoms with Crippen LogP contribution in [0.25, 0.3) is 11.1 Å². The summed E-state index contributed by atoms with van der Waals surface area (Å²) in [6.45, 7) is 3.90. The Kier molecular flexibility index (Phi) is 6.23. The standard InChI is InChI=1S/C23H27NO5/c1-23(2,28-3)13-12-20(21(25)26)24-22(27)29-14-19-17-10-6-4-8-15(17)16-9-5-7-11-18(16)19/h4-11,19-20H,12-14H2,1-3H3,(H,24,27)(H,25,26). The molecular formula is C23H27NO5. The molecule has 1 unspecified atom stereocenters. The van der Waals surface area contributed by atoms with Gasteiger partial charge in [0.25, 0.3) is 0 Å². The van der Waals surface area contributed by atoms with Crippen molar-refractivity contribution in [3.63, 3.8) is 0 Å². The van der Waals surface area contributed by atoms with Gasteiger partial charge < -0.3 is 19.9 Å². The molecule has 2 aromatic rings. The molecule has 0 saturated heterocycles. The van der Waals surface area contributed by atoms with Crippen molar-refractivity contribution >= 4 is 12.1 Å². The maximum absolute atomic E-state index is 12.3. The Hall–Kier alpha value is -2.86. The molecule has 0 aromatic heterocycles. The number of carboxylic acids is 1. The summed E-state index contributed by atoms with van der Waals surface area (Å²) < 4.78 is 10.8. The van der Waals surface area contributed by atoms with Gasteiger partial charge >= 0.3 is 12.1 Å². The van der Waals surface area contributed by atoms with Crippen molar-refractivity contribution < 1.29 is 24.2 Å². The van der Waals surface area contributed by atoms with Crippen LogP contribution < -0.4 is 5.32 Å². The quantitative estimate of drug-likeness (QED) is 0.698. The smallest absolute Gasteiger partial charge is 0.407 e. The summed E-state index contributed by atoms with van der Waals surface area (Å²) in [6.07, 6.45) is 0.0132. The minimum absolute atomic E-state index is 0.0659. The van der Waals surface area contributed by atoms with Crippen LogP contribution in [0.1, 0.15) is 43.7 Å². The molecule has 0 saturated carbocycles. The summed E-state index contributed by atoms with van der Waals surface area (Å²) in [5.41, 5.74) is 4.04. The third kappa shape index (κ3) is 4.77. The van der Waals surface area contributed by atoms with Gasteiger partial charge in [-0.3, -0.25) is 0 Å². The van der Waals surface area contributed by atoms with Crippen molar-refractivity contribution in [2.75, 3.05) is 13.7 Å². The molecule has 3 rings (SSSR count). The van der Waals surface area contributed by atoms with Crippen LogP contribution in [0.2, 0.25) is 0 Å². The van der Waals surface area contributed by atoms with Crippen LogP contribution in [0, 0.1) is 0 Å². The van der Waals surface area contributed by atoms with Crippen molar-refractivity contribution in [3.05, 3.63) is 59.7 Å². The Morgan fingerprint density at radius 3 is 2.14 bits per heavy atom. The molecule has 0 aliphatic heterocycles. The summed E-state index contributed by atoms with van der Waals surface area (Å²) in [6, 6.07) is 15.1. The molecule has 1 atom stereocenters. The monoisotopic (exact) mass is 397 g/mol. The molecule has 0 radical (unpaired) electrons. The van der Waals surface area contributed by atoms with Gasteiger partial charge in [-0.2, -0.15) is 0 Å². The Balaban J connectivity index is 1.63. The van der Waals surface area contributed by atoms with Crippen LogP contribution in [0.3, 0.4) is 0 Å². The number of benzene rings is 2. The second-order valence-electron chi connectivity index (χ2n) is 7.86. The Bertz CT molecular complexity index is 847. The van der Waals surface area contributed by atoms with Gasteiger partial charge in [0.2, 0.25) is 0 Å². The first-order valence-corrected chi connectivity index (χ1v) is 9.72. The van der Waals surface area contributed by atoms with E-state index in [-0.39, 0.29) is 18.9 Å². The van der Waals surface area contributed by atoms with Crippen LogP contribution in [0.5, 0.6) is 0 Å². The zero-order valence-electron chi connectivity index (χ0n) is 17.0. The van der Waals surface area contributed by atoms with Gasteiger partial charge in [-0.05, 0) is 48.9 Å². The van der Waals surface area contributed by atoms with E-state index in [9.17, 15) is 14.7 Å². The molecule has 0 spiro atoms. The van der Waals surface area contributed by atoms with Crippen LogP contribution in [0.15, 0.2) is 48.5 Å². The lowest BCUT2D eigenvalue weighted by molar-refractivity contribution is -0.139. The average Bonchev–Trinajstić information content (AvgIpc) is 3.03. The number of carbonyl (C=O) groups excluding carboxylic acids is 1. The molecule has 1 amide bonds. The number of nitrogens with one attached hydrogen (secondary N) is 1. The number of fused-ring (bicyclic) bond motifs is 3. The molecule has 2 N–H and O–H groups in total. The molecule has 6 nitrogen and oxygen atoms in total. The normalized spacial score (nSPS) is 14.0. The van der Waals surface area contributed by atoms with Gasteiger partial charge in [0.15, 0.2) is 0 Å². The summed E-state index contributed by atoms with van der Waals surface area (Å²) in [5, 5.41) is 11.9. The number of methoxy groups -OCH3 is 1. The van der Waals surface area contributed by atoms with Gasteiger partial charge in [0.05, 0.1) is 5.60 Å². The summed E-state index contributed by atoms with van der Waals surface area (Å²) >= 11 is 0. The zero-order chi connectivity index (χ0) is 21.0. The third-order valence-electron chi connectivity index (χ3n) is 5.52. The van der Waals surface area contributed by atoms with Crippen LogP contribution in [0.4, 0.5) is 4.79 Å². The van der Waals surface area contributed by atoms with Crippen LogP contribution in [-0.4, -0.2) is 42.5 Å². The molecule has 29 heavy (non-hydrogen) atoms. The lowest BCUT2D eigenvalue weighted by Crippen LogP contribution is -2.42. The molecule has 154 valence electrons. The maximum atomic E-state index is 12.3. The van der Waals surface area contributed by atoms with Gasteiger partial charge in [0.1, 0.15) is 12.6 Å². The Morgan fingerprint density at radius 1 is 1.07 bits per heavy atom. The van der Waals surface area contributed by atoms with Gasteiger partial charge in [-0.25, -0.2) is 9.59 Å². The minimum atomic E-state index is -1.09. The Morgan fingerprint density at radius 2 is 1.62 bits per heavy atom. The molecule has 0 heterocycles. The van der Waals surface area contributed by atoms with E-state index in [0.29, 0.717) is 6.42 Å². The predicted molar refractivity (Wildman–Crippen MR) is 110 cm³/mol. The number of carbonyl (C=O) groups is 2. The first kappa shape index (κ1) is 20.9. The average molecular weight is 397 g/mol. The van der Waals surface area contributed by atoms with Crippen molar-refractivity contribution in [3.8, 4) is 11.1 Å². The van der Waals surface area contributed by atoms with Crippen molar-refractivity contribution in [2.24, 2.45) is 0 Å². The zero-order valence-corrected chi connectivity index (χ0v) is 17.0. The summed E-state index contributed by atoms with van der Waals surface area (Å²) in [7, 11) is 1.58. The van der Waals surface area contributed by atoms with Crippen molar-refractivity contribution in [2.45, 2.75) is 44.2 Å². The number of carboxylic acid groups (broad SMARTS) is 1. The van der Waals surface area contributed by atoms with E-state index < -0.39 is 23.7 Å². The molecular weight excluding hydrogens is 370 g/mol. The number of ether oxygens (including phenoxy) is 2.